The van der Waals surface area contributed by atoms with Crippen LogP contribution >= 0.6 is 0 Å². The summed E-state index contributed by atoms with van der Waals surface area (Å²) in [7, 11) is 0. The summed E-state index contributed by atoms with van der Waals surface area (Å²) in [5.74, 6) is 0.465. The molecule has 0 amide bonds. The molecule has 0 unspecified atom stereocenters. The van der Waals surface area contributed by atoms with Gasteiger partial charge in [-0.15, -0.1) is 5.10 Å². The van der Waals surface area contributed by atoms with E-state index in [0.717, 1.165) is 11.3 Å². The van der Waals surface area contributed by atoms with Gasteiger partial charge >= 0.3 is 0 Å². The molecule has 14 heavy (non-hydrogen) atoms. The fourth-order valence-corrected chi connectivity index (χ4v) is 0.878. The second-order valence-corrected chi connectivity index (χ2v) is 3.05. The van der Waals surface area contributed by atoms with Crippen LogP contribution in [-0.4, -0.2) is 18.3 Å². The number of hydrogen-bond acceptors (Lipinski definition) is 3. The second kappa shape index (κ2) is 7.18. The standard InChI is InChI=1S/C9H13N3.C2H6/c1-7(2)9-4-8(3)10-6-12-11-5-9;1-2/h4-7H,1-3H3;1-2H3/b8-4?,9-4+,9-5?,10-6?,10-8-,11-5-,12-6-,12-11?;. The van der Waals surface area contributed by atoms with Gasteiger partial charge in [0, 0.05) is 5.71 Å². The molecule has 3 nitrogen and oxygen atoms in total. The van der Waals surface area contributed by atoms with Crippen molar-refractivity contribution in [2.75, 3.05) is 0 Å². The summed E-state index contributed by atoms with van der Waals surface area (Å²) in [4.78, 5) is 4.05. The first-order valence-corrected chi connectivity index (χ1v) is 5.01. The highest BCUT2D eigenvalue weighted by molar-refractivity contribution is 6.02. The van der Waals surface area contributed by atoms with E-state index in [-0.39, 0.29) is 0 Å². The summed E-state index contributed by atoms with van der Waals surface area (Å²) in [5.41, 5.74) is 2.13. The first-order valence-electron chi connectivity index (χ1n) is 5.01. The zero-order valence-electron chi connectivity index (χ0n) is 9.65. The maximum Gasteiger partial charge on any atom is 0.138 e. The lowest BCUT2D eigenvalue weighted by atomic mass is 10.0. The Morgan fingerprint density at radius 1 is 1.14 bits per heavy atom. The number of hydrogen-bond donors (Lipinski definition) is 0. The van der Waals surface area contributed by atoms with Gasteiger partial charge in [-0.3, -0.25) is 0 Å². The van der Waals surface area contributed by atoms with Gasteiger partial charge in [-0.05, 0) is 24.5 Å². The predicted octanol–water partition coefficient (Wildman–Crippen LogP) is 3.08. The first kappa shape index (κ1) is 12.8. The van der Waals surface area contributed by atoms with Crippen molar-refractivity contribution in [2.24, 2.45) is 21.1 Å². The lowest BCUT2D eigenvalue weighted by molar-refractivity contribution is 0.806. The van der Waals surface area contributed by atoms with Crippen molar-refractivity contribution < 1.29 is 0 Å². The molecule has 0 atom stereocenters. The number of nitrogens with zero attached hydrogens (tertiary/aromatic N) is 3. The van der Waals surface area contributed by atoms with E-state index in [1.807, 2.05) is 26.8 Å². The Hall–Kier alpha value is -1.25. The highest BCUT2D eigenvalue weighted by atomic mass is 15.2. The lowest BCUT2D eigenvalue weighted by Crippen LogP contribution is -2.00. The van der Waals surface area contributed by atoms with Crippen LogP contribution in [0.5, 0.6) is 0 Å². The van der Waals surface area contributed by atoms with Gasteiger partial charge in [0.15, 0.2) is 0 Å². The van der Waals surface area contributed by atoms with Crippen molar-refractivity contribution in [1.82, 2.24) is 0 Å². The van der Waals surface area contributed by atoms with E-state index in [0.29, 0.717) is 5.92 Å². The molecule has 78 valence electrons. The van der Waals surface area contributed by atoms with Gasteiger partial charge in [-0.1, -0.05) is 27.7 Å². The molecule has 1 rings (SSSR count). The zero-order chi connectivity index (χ0) is 11.0. The molecule has 0 spiro atoms. The first-order chi connectivity index (χ1) is 6.70. The molecule has 0 saturated carbocycles. The van der Waals surface area contributed by atoms with Crippen LogP contribution in [0, 0.1) is 5.92 Å². The van der Waals surface area contributed by atoms with Crippen LogP contribution in [-0.2, 0) is 0 Å². The molecule has 3 heteroatoms. The maximum absolute atomic E-state index is 4.05. The highest BCUT2D eigenvalue weighted by Gasteiger charge is 2.01. The van der Waals surface area contributed by atoms with E-state index in [2.05, 4.69) is 29.0 Å². The van der Waals surface area contributed by atoms with Crippen molar-refractivity contribution in [3.05, 3.63) is 11.6 Å². The van der Waals surface area contributed by atoms with E-state index in [4.69, 9.17) is 0 Å². The van der Waals surface area contributed by atoms with Crippen LogP contribution in [0.15, 0.2) is 26.8 Å². The van der Waals surface area contributed by atoms with Crippen molar-refractivity contribution in [1.29, 1.82) is 0 Å². The van der Waals surface area contributed by atoms with Crippen molar-refractivity contribution in [3.63, 3.8) is 0 Å². The molecular formula is C11H19N3. The molecule has 1 heterocycles. The quantitative estimate of drug-likeness (QED) is 0.613. The average molecular weight is 193 g/mol. The average Bonchev–Trinajstić information content (AvgIpc) is 2.14. The van der Waals surface area contributed by atoms with Crippen LogP contribution in [0.2, 0.25) is 0 Å². The van der Waals surface area contributed by atoms with Gasteiger partial charge in [-0.2, -0.15) is 5.10 Å². The van der Waals surface area contributed by atoms with Crippen molar-refractivity contribution >= 4 is 18.3 Å². The van der Waals surface area contributed by atoms with Gasteiger partial charge in [0.2, 0.25) is 0 Å². The van der Waals surface area contributed by atoms with E-state index in [9.17, 15) is 0 Å². The Bertz CT molecular complexity index is 270. The van der Waals surface area contributed by atoms with Gasteiger partial charge < -0.3 is 0 Å². The van der Waals surface area contributed by atoms with Crippen LogP contribution in [0.1, 0.15) is 34.6 Å². The third-order valence-corrected chi connectivity index (χ3v) is 1.63. The minimum absolute atomic E-state index is 0.465. The number of allylic oxidation sites excluding steroid dienone is 2. The minimum Gasteiger partial charge on any atom is -0.240 e. The molecule has 0 fully saturated rings. The minimum atomic E-state index is 0.465. The third kappa shape index (κ3) is 4.70. The van der Waals surface area contributed by atoms with Crippen LogP contribution in [0.3, 0.4) is 0 Å². The fourth-order valence-electron chi connectivity index (χ4n) is 0.878. The van der Waals surface area contributed by atoms with Gasteiger partial charge in [0.1, 0.15) is 6.34 Å². The van der Waals surface area contributed by atoms with E-state index < -0.39 is 0 Å². The topological polar surface area (TPSA) is 37.1 Å². The summed E-state index contributed by atoms with van der Waals surface area (Å²) >= 11 is 0. The molecular weight excluding hydrogens is 174 g/mol. The molecule has 0 aromatic carbocycles. The van der Waals surface area contributed by atoms with Crippen molar-refractivity contribution in [2.45, 2.75) is 34.6 Å². The molecule has 0 bridgehead atoms. The summed E-state index contributed by atoms with van der Waals surface area (Å²) < 4.78 is 0. The maximum atomic E-state index is 4.05. The van der Waals surface area contributed by atoms with Gasteiger partial charge in [-0.25, -0.2) is 4.99 Å². The highest BCUT2D eigenvalue weighted by Crippen LogP contribution is 2.07. The Balaban J connectivity index is 0.000000791. The molecule has 1 aliphatic heterocycles. The third-order valence-electron chi connectivity index (χ3n) is 1.63. The predicted molar refractivity (Wildman–Crippen MR) is 64.4 cm³/mol. The molecule has 0 aromatic rings. The summed E-state index contributed by atoms with van der Waals surface area (Å²) in [6.45, 7) is 10.2. The fraction of sp³-hybridized carbons (Fsp3) is 0.545. The Morgan fingerprint density at radius 3 is 2.36 bits per heavy atom. The van der Waals surface area contributed by atoms with Crippen molar-refractivity contribution in [3.8, 4) is 0 Å². The van der Waals surface area contributed by atoms with Gasteiger partial charge in [0.05, 0.1) is 6.21 Å². The van der Waals surface area contributed by atoms with Crippen LogP contribution in [0.25, 0.3) is 0 Å². The largest absolute Gasteiger partial charge is 0.240 e. The van der Waals surface area contributed by atoms with E-state index >= 15 is 0 Å². The lowest BCUT2D eigenvalue weighted by Gasteiger charge is -2.05. The second-order valence-electron chi connectivity index (χ2n) is 3.05. The summed E-state index contributed by atoms with van der Waals surface area (Å²) in [6.07, 6.45) is 5.26. The van der Waals surface area contributed by atoms with E-state index in [1.54, 1.807) is 6.21 Å². The smallest absolute Gasteiger partial charge is 0.138 e. The SMILES string of the molecule is CC.CC1=N/C=N\N=C/C(C(C)C)=C\1. The number of aliphatic imine (C=N–C) groups is 1. The Labute approximate surface area is 86.4 Å². The molecule has 0 saturated heterocycles. The Kier molecular flexibility index (Phi) is 6.54. The molecule has 0 N–H and O–H groups in total. The molecule has 0 aromatic heterocycles. The summed E-state index contributed by atoms with van der Waals surface area (Å²) in [5, 5.41) is 7.57. The normalized spacial score (nSPS) is 27.0. The van der Waals surface area contributed by atoms with E-state index in [1.165, 1.54) is 6.34 Å². The summed E-state index contributed by atoms with van der Waals surface area (Å²) in [6, 6.07) is 0. The Morgan fingerprint density at radius 2 is 1.79 bits per heavy atom. The molecule has 0 radical (unpaired) electrons. The van der Waals surface area contributed by atoms with Crippen LogP contribution < -0.4 is 0 Å². The molecule has 1 aliphatic rings. The van der Waals surface area contributed by atoms with Gasteiger partial charge in [0.25, 0.3) is 0 Å². The van der Waals surface area contributed by atoms with Crippen LogP contribution in [0.4, 0.5) is 0 Å². The zero-order valence-corrected chi connectivity index (χ0v) is 9.65. The number of rotatable bonds is 1. The molecule has 0 aliphatic carbocycles. The monoisotopic (exact) mass is 193 g/mol.